The minimum absolute atomic E-state index is 0.263. The second-order valence-electron chi connectivity index (χ2n) is 9.52. The molecule has 1 amide bonds. The zero-order valence-corrected chi connectivity index (χ0v) is 23.0. The van der Waals surface area contributed by atoms with Crippen LogP contribution in [0, 0.1) is 0 Å². The number of piperazine rings is 1. The van der Waals surface area contributed by atoms with Crippen molar-refractivity contribution in [2.75, 3.05) is 69.1 Å². The number of hydrogen-bond acceptors (Lipinski definition) is 10. The van der Waals surface area contributed by atoms with Crippen LogP contribution in [-0.2, 0) is 9.53 Å². The van der Waals surface area contributed by atoms with E-state index in [1.807, 2.05) is 18.2 Å². The Kier molecular flexibility index (Phi) is 8.51. The van der Waals surface area contributed by atoms with Gasteiger partial charge in [-0.3, -0.25) is 14.2 Å². The number of aromatic nitrogens is 4. The van der Waals surface area contributed by atoms with E-state index in [0.717, 1.165) is 31.9 Å². The van der Waals surface area contributed by atoms with Crippen LogP contribution in [0.3, 0.4) is 0 Å². The molecule has 0 radical (unpaired) electrons. The Hall–Kier alpha value is -4.81. The third kappa shape index (κ3) is 6.51. The van der Waals surface area contributed by atoms with E-state index in [1.54, 1.807) is 37.6 Å². The molecule has 2 aromatic carbocycles. The fraction of sp³-hybridized carbons (Fsp3) is 0.276. The molecular formula is C29H32N8O4. The summed E-state index contributed by atoms with van der Waals surface area (Å²) in [5.74, 6) is 0.542. The van der Waals surface area contributed by atoms with E-state index >= 15 is 0 Å². The highest BCUT2D eigenvalue weighted by Crippen LogP contribution is 2.32. The van der Waals surface area contributed by atoms with Crippen molar-refractivity contribution in [1.29, 1.82) is 0 Å². The Morgan fingerprint density at radius 2 is 1.88 bits per heavy atom. The maximum absolute atomic E-state index is 13.0. The van der Waals surface area contributed by atoms with Gasteiger partial charge in [0.05, 0.1) is 30.4 Å². The van der Waals surface area contributed by atoms with E-state index in [9.17, 15) is 9.59 Å². The fourth-order valence-corrected chi connectivity index (χ4v) is 4.49. The van der Waals surface area contributed by atoms with Gasteiger partial charge in [-0.2, -0.15) is 4.98 Å². The van der Waals surface area contributed by atoms with Crippen LogP contribution in [0.4, 0.5) is 23.0 Å². The molecule has 1 aliphatic heterocycles. The van der Waals surface area contributed by atoms with Gasteiger partial charge < -0.3 is 29.9 Å². The van der Waals surface area contributed by atoms with Crippen LogP contribution < -0.4 is 25.8 Å². The maximum Gasteiger partial charge on any atom is 0.275 e. The molecule has 4 aromatic rings. The lowest BCUT2D eigenvalue weighted by Gasteiger charge is -2.34. The number of anilines is 4. The van der Waals surface area contributed by atoms with Gasteiger partial charge >= 0.3 is 0 Å². The van der Waals surface area contributed by atoms with E-state index < -0.39 is 0 Å². The van der Waals surface area contributed by atoms with E-state index in [1.165, 1.54) is 16.8 Å². The molecule has 0 bridgehead atoms. The van der Waals surface area contributed by atoms with Crippen molar-refractivity contribution >= 4 is 40.1 Å². The van der Waals surface area contributed by atoms with Crippen LogP contribution in [0.1, 0.15) is 0 Å². The Labute approximate surface area is 237 Å². The molecule has 2 N–H and O–H groups in total. The van der Waals surface area contributed by atoms with Gasteiger partial charge in [0.25, 0.3) is 5.56 Å². The number of carbonyl (C=O) groups is 1. The number of hydrogen-bond donors (Lipinski definition) is 2. The molecule has 3 heterocycles. The first kappa shape index (κ1) is 27.7. The normalized spacial score (nSPS) is 13.7. The molecule has 1 saturated heterocycles. The standard InChI is InChI=1S/C29H32N8O4/c1-4-26(38)32-20-6-5-7-22(16-20)37-27(39)19-30-24-18-31-29(34-28(24)37)33-23-9-8-21(17-25(23)41-15-14-40-3)36-12-10-35(2)11-13-36/h4-9,16-19H,1,10-15H2,2-3H3,(H,32,38)(H,31,33,34). The summed E-state index contributed by atoms with van der Waals surface area (Å²) in [5.41, 5.74) is 3.11. The van der Waals surface area contributed by atoms with Gasteiger partial charge in [0.1, 0.15) is 17.9 Å². The van der Waals surface area contributed by atoms with Crippen molar-refractivity contribution < 1.29 is 14.3 Å². The van der Waals surface area contributed by atoms with E-state index in [0.29, 0.717) is 47.2 Å². The fourth-order valence-electron chi connectivity index (χ4n) is 4.49. The van der Waals surface area contributed by atoms with Gasteiger partial charge in [0.2, 0.25) is 11.9 Å². The van der Waals surface area contributed by atoms with E-state index in [-0.39, 0.29) is 17.4 Å². The number of fused-ring (bicyclic) bond motifs is 1. The summed E-state index contributed by atoms with van der Waals surface area (Å²) in [5, 5.41) is 5.96. The third-order valence-corrected chi connectivity index (χ3v) is 6.68. The maximum atomic E-state index is 13.0. The Balaban J connectivity index is 1.49. The summed E-state index contributed by atoms with van der Waals surface area (Å²) in [6.45, 7) is 8.13. The minimum atomic E-state index is -0.380. The summed E-state index contributed by atoms with van der Waals surface area (Å²) in [4.78, 5) is 42.7. The number of benzene rings is 2. The van der Waals surface area contributed by atoms with Crippen molar-refractivity contribution in [2.45, 2.75) is 0 Å². The highest BCUT2D eigenvalue weighted by molar-refractivity contribution is 5.99. The predicted octanol–water partition coefficient (Wildman–Crippen LogP) is 2.82. The summed E-state index contributed by atoms with van der Waals surface area (Å²) in [7, 11) is 3.75. The average Bonchev–Trinajstić information content (AvgIpc) is 2.98. The number of rotatable bonds is 10. The van der Waals surface area contributed by atoms with Crippen LogP contribution in [0.5, 0.6) is 5.75 Å². The lowest BCUT2D eigenvalue weighted by molar-refractivity contribution is -0.111. The minimum Gasteiger partial charge on any atom is -0.489 e. The Morgan fingerprint density at radius 1 is 1.05 bits per heavy atom. The Morgan fingerprint density at radius 3 is 2.66 bits per heavy atom. The molecule has 12 nitrogen and oxygen atoms in total. The van der Waals surface area contributed by atoms with Gasteiger partial charge in [-0.1, -0.05) is 12.6 Å². The molecule has 12 heteroatoms. The van der Waals surface area contributed by atoms with Crippen molar-refractivity contribution in [3.8, 4) is 11.4 Å². The second-order valence-corrected chi connectivity index (χ2v) is 9.52. The number of likely N-dealkylation sites (N-methyl/N-ethyl adjacent to an activating group) is 1. The summed E-state index contributed by atoms with van der Waals surface area (Å²) >= 11 is 0. The topological polar surface area (TPSA) is 127 Å². The first-order valence-corrected chi connectivity index (χ1v) is 13.2. The zero-order chi connectivity index (χ0) is 28.8. The van der Waals surface area contributed by atoms with Crippen molar-refractivity contribution in [3.05, 3.63) is 77.9 Å². The predicted molar refractivity (Wildman–Crippen MR) is 159 cm³/mol. The summed E-state index contributed by atoms with van der Waals surface area (Å²) in [6.07, 6.45) is 3.94. The first-order chi connectivity index (χ1) is 19.9. The lowest BCUT2D eigenvalue weighted by Crippen LogP contribution is -2.44. The molecular weight excluding hydrogens is 524 g/mol. The molecule has 1 aliphatic rings. The van der Waals surface area contributed by atoms with Gasteiger partial charge in [0.15, 0.2) is 5.65 Å². The first-order valence-electron chi connectivity index (χ1n) is 13.2. The summed E-state index contributed by atoms with van der Waals surface area (Å²) < 4.78 is 12.7. The molecule has 212 valence electrons. The molecule has 0 atom stereocenters. The molecule has 0 aliphatic carbocycles. The van der Waals surface area contributed by atoms with Crippen LogP contribution in [0.2, 0.25) is 0 Å². The van der Waals surface area contributed by atoms with Crippen molar-refractivity contribution in [2.24, 2.45) is 0 Å². The highest BCUT2D eigenvalue weighted by atomic mass is 16.5. The van der Waals surface area contributed by atoms with Crippen LogP contribution in [-0.4, -0.2) is 83.9 Å². The monoisotopic (exact) mass is 556 g/mol. The van der Waals surface area contributed by atoms with Gasteiger partial charge in [0, 0.05) is 50.7 Å². The van der Waals surface area contributed by atoms with Crippen LogP contribution >= 0.6 is 0 Å². The molecule has 5 rings (SSSR count). The smallest absolute Gasteiger partial charge is 0.275 e. The van der Waals surface area contributed by atoms with Gasteiger partial charge in [-0.25, -0.2) is 9.97 Å². The molecule has 41 heavy (non-hydrogen) atoms. The SMILES string of the molecule is C=CC(=O)Nc1cccc(-n2c(=O)cnc3cnc(Nc4ccc(N5CCN(C)CC5)cc4OCCOC)nc32)c1. The number of carbonyl (C=O) groups excluding carboxylic acids is 1. The van der Waals surface area contributed by atoms with Crippen LogP contribution in [0.15, 0.2) is 72.3 Å². The quantitative estimate of drug-likeness (QED) is 0.222. The molecule has 0 unspecified atom stereocenters. The number of methoxy groups -OCH3 is 1. The molecule has 0 spiro atoms. The van der Waals surface area contributed by atoms with Gasteiger partial charge in [-0.05, 0) is 43.5 Å². The third-order valence-electron chi connectivity index (χ3n) is 6.68. The summed E-state index contributed by atoms with van der Waals surface area (Å²) in [6, 6.07) is 12.9. The van der Waals surface area contributed by atoms with E-state index in [4.69, 9.17) is 9.47 Å². The molecule has 2 aromatic heterocycles. The van der Waals surface area contributed by atoms with Crippen molar-refractivity contribution in [3.63, 3.8) is 0 Å². The van der Waals surface area contributed by atoms with Crippen LogP contribution in [0.25, 0.3) is 16.9 Å². The molecule has 0 saturated carbocycles. The number of nitrogens with one attached hydrogen (secondary N) is 2. The molecule has 1 fully saturated rings. The number of amides is 1. The zero-order valence-electron chi connectivity index (χ0n) is 23.0. The Bertz CT molecular complexity index is 1610. The number of ether oxygens (including phenoxy) is 2. The number of nitrogens with zero attached hydrogens (tertiary/aromatic N) is 6. The largest absolute Gasteiger partial charge is 0.489 e. The second kappa shape index (κ2) is 12.6. The highest BCUT2D eigenvalue weighted by Gasteiger charge is 2.17. The van der Waals surface area contributed by atoms with Crippen molar-refractivity contribution in [1.82, 2.24) is 24.4 Å². The van der Waals surface area contributed by atoms with E-state index in [2.05, 4.69) is 49.0 Å². The lowest BCUT2D eigenvalue weighted by atomic mass is 10.2. The van der Waals surface area contributed by atoms with Gasteiger partial charge in [-0.15, -0.1) is 0 Å². The average molecular weight is 557 g/mol.